The van der Waals surface area contributed by atoms with Crippen LogP contribution in [0.4, 0.5) is 0 Å². The fraction of sp³-hybridized carbons (Fsp3) is 0.118. The van der Waals surface area contributed by atoms with Crippen molar-refractivity contribution in [2.45, 2.75) is 6.54 Å². The third-order valence-corrected chi connectivity index (χ3v) is 4.86. The van der Waals surface area contributed by atoms with E-state index in [0.29, 0.717) is 11.5 Å². The molecule has 0 atom stereocenters. The highest BCUT2D eigenvalue weighted by atomic mass is 35.5. The number of rotatable bonds is 4. The fourth-order valence-electron chi connectivity index (χ4n) is 2.82. The van der Waals surface area contributed by atoms with Gasteiger partial charge in [0.2, 0.25) is 5.91 Å². The van der Waals surface area contributed by atoms with Crippen LogP contribution < -0.4 is 5.32 Å². The van der Waals surface area contributed by atoms with Crippen LogP contribution in [0.25, 0.3) is 5.65 Å². The number of aromatic nitrogens is 3. The summed E-state index contributed by atoms with van der Waals surface area (Å²) >= 11 is 11.8. The monoisotopic (exact) mass is 403 g/mol. The number of nitrogens with one attached hydrogen (secondary N) is 1. The molecule has 0 saturated carbocycles. The lowest BCUT2D eigenvalue weighted by molar-refractivity contribution is -0.121. The number of halogens is 2. The second-order valence-corrected chi connectivity index (χ2v) is 6.64. The molecule has 2 aromatic heterocycles. The largest absolute Gasteiger partial charge is 0.347 e. The summed E-state index contributed by atoms with van der Waals surface area (Å²) in [6.07, 6.45) is 1.77. The molecule has 0 radical (unpaired) electrons. The molecule has 3 aromatic rings. The van der Waals surface area contributed by atoms with E-state index in [1.54, 1.807) is 16.7 Å². The van der Waals surface area contributed by atoms with E-state index >= 15 is 0 Å². The molecule has 0 spiro atoms. The highest BCUT2D eigenvalue weighted by Crippen LogP contribution is 2.31. The first kappa shape index (κ1) is 17.4. The van der Waals surface area contributed by atoms with Gasteiger partial charge in [0.1, 0.15) is 6.54 Å². The van der Waals surface area contributed by atoms with Crippen LogP contribution in [0.2, 0.25) is 10.0 Å². The zero-order valence-electron chi connectivity index (χ0n) is 13.6. The topological polar surface area (TPSA) is 96.7 Å². The second-order valence-electron chi connectivity index (χ2n) is 5.83. The second kappa shape index (κ2) is 6.64. The van der Waals surface area contributed by atoms with E-state index in [0.717, 1.165) is 4.90 Å². The normalized spacial score (nSPS) is 13.3. The number of carbonyl (C=O) groups is 3. The summed E-state index contributed by atoms with van der Waals surface area (Å²) in [6, 6.07) is 8.09. The van der Waals surface area contributed by atoms with E-state index in [2.05, 4.69) is 15.5 Å². The van der Waals surface area contributed by atoms with Crippen LogP contribution in [0, 0.1) is 0 Å². The molecule has 0 fully saturated rings. The Bertz CT molecular complexity index is 1070. The Kier molecular flexibility index (Phi) is 4.29. The number of amides is 3. The first-order valence-electron chi connectivity index (χ1n) is 7.86. The predicted octanol–water partition coefficient (Wildman–Crippen LogP) is 1.95. The quantitative estimate of drug-likeness (QED) is 0.671. The van der Waals surface area contributed by atoms with Gasteiger partial charge in [-0.15, -0.1) is 10.2 Å². The minimum absolute atomic E-state index is 0.102. The van der Waals surface area contributed by atoms with Crippen molar-refractivity contribution in [1.29, 1.82) is 0 Å². The fourth-order valence-corrected chi connectivity index (χ4v) is 3.14. The molecule has 1 N–H and O–H groups in total. The lowest BCUT2D eigenvalue weighted by atomic mass is 10.1. The Balaban J connectivity index is 1.46. The summed E-state index contributed by atoms with van der Waals surface area (Å²) in [5, 5.41) is 11.0. The van der Waals surface area contributed by atoms with Crippen molar-refractivity contribution in [3.8, 4) is 0 Å². The number of pyridine rings is 1. The average molecular weight is 404 g/mol. The lowest BCUT2D eigenvalue weighted by Crippen LogP contribution is -2.40. The van der Waals surface area contributed by atoms with Crippen molar-refractivity contribution < 1.29 is 14.4 Å². The average Bonchev–Trinajstić information content (AvgIpc) is 3.16. The number of nitrogens with zero attached hydrogens (tertiary/aromatic N) is 4. The SMILES string of the molecule is O=C(CN1C(=O)c2cc(Cl)c(Cl)cc2C1=O)NCc1nnc2ccccn12. The maximum Gasteiger partial charge on any atom is 0.262 e. The number of benzene rings is 1. The highest BCUT2D eigenvalue weighted by molar-refractivity contribution is 6.43. The maximum atomic E-state index is 12.4. The first-order valence-corrected chi connectivity index (χ1v) is 8.62. The molecule has 0 saturated heterocycles. The third kappa shape index (κ3) is 3.02. The molecular formula is C17H11Cl2N5O3. The molecule has 4 rings (SSSR count). The molecule has 3 heterocycles. The van der Waals surface area contributed by atoms with Crippen LogP contribution in [0.3, 0.4) is 0 Å². The maximum absolute atomic E-state index is 12.4. The van der Waals surface area contributed by atoms with Crippen molar-refractivity contribution in [1.82, 2.24) is 24.8 Å². The van der Waals surface area contributed by atoms with Gasteiger partial charge >= 0.3 is 0 Å². The number of imide groups is 1. The van der Waals surface area contributed by atoms with E-state index < -0.39 is 24.3 Å². The van der Waals surface area contributed by atoms with Crippen LogP contribution in [0.15, 0.2) is 36.5 Å². The van der Waals surface area contributed by atoms with Crippen molar-refractivity contribution in [3.05, 3.63) is 63.5 Å². The molecular weight excluding hydrogens is 393 g/mol. The Morgan fingerprint density at radius 2 is 1.70 bits per heavy atom. The Labute approximate surface area is 162 Å². The van der Waals surface area contributed by atoms with Gasteiger partial charge in [-0.05, 0) is 24.3 Å². The van der Waals surface area contributed by atoms with Gasteiger partial charge in [0.05, 0.1) is 27.7 Å². The summed E-state index contributed by atoms with van der Waals surface area (Å²) in [4.78, 5) is 37.9. The number of hydrogen-bond acceptors (Lipinski definition) is 5. The van der Waals surface area contributed by atoms with Crippen LogP contribution >= 0.6 is 23.2 Å². The molecule has 8 nitrogen and oxygen atoms in total. The van der Waals surface area contributed by atoms with Crippen LogP contribution in [-0.2, 0) is 11.3 Å². The van der Waals surface area contributed by atoms with Crippen LogP contribution in [-0.4, -0.2) is 43.8 Å². The van der Waals surface area contributed by atoms with Crippen molar-refractivity contribution >= 4 is 46.6 Å². The van der Waals surface area contributed by atoms with E-state index in [1.165, 1.54) is 12.1 Å². The van der Waals surface area contributed by atoms with E-state index in [4.69, 9.17) is 23.2 Å². The zero-order valence-corrected chi connectivity index (χ0v) is 15.2. The van der Waals surface area contributed by atoms with Gasteiger partial charge in [-0.3, -0.25) is 23.7 Å². The molecule has 136 valence electrons. The van der Waals surface area contributed by atoms with Crippen LogP contribution in [0.5, 0.6) is 0 Å². The zero-order chi connectivity index (χ0) is 19.1. The minimum atomic E-state index is -0.586. The molecule has 10 heteroatoms. The predicted molar refractivity (Wildman–Crippen MR) is 96.7 cm³/mol. The minimum Gasteiger partial charge on any atom is -0.347 e. The van der Waals surface area contributed by atoms with Gasteiger partial charge in [-0.2, -0.15) is 0 Å². The Hall–Kier alpha value is -2.97. The lowest BCUT2D eigenvalue weighted by Gasteiger charge is -2.13. The molecule has 0 unspecified atom stereocenters. The third-order valence-electron chi connectivity index (χ3n) is 4.14. The van der Waals surface area contributed by atoms with Gasteiger partial charge in [0, 0.05) is 6.20 Å². The number of hydrogen-bond donors (Lipinski definition) is 1. The molecule has 3 amide bonds. The Morgan fingerprint density at radius 3 is 2.37 bits per heavy atom. The van der Waals surface area contributed by atoms with Gasteiger partial charge in [0.15, 0.2) is 11.5 Å². The van der Waals surface area contributed by atoms with E-state index in [9.17, 15) is 14.4 Å². The smallest absolute Gasteiger partial charge is 0.262 e. The standard InChI is InChI=1S/C17H11Cl2N5O3/c18-11-5-9-10(6-12(11)19)17(27)24(16(9)26)8-15(25)20-7-14-22-21-13-3-1-2-4-23(13)14/h1-6H,7-8H2,(H,20,25). The summed E-state index contributed by atoms with van der Waals surface area (Å²) in [7, 11) is 0. The summed E-state index contributed by atoms with van der Waals surface area (Å²) in [6.45, 7) is -0.316. The summed E-state index contributed by atoms with van der Waals surface area (Å²) < 4.78 is 1.73. The highest BCUT2D eigenvalue weighted by Gasteiger charge is 2.37. The van der Waals surface area contributed by atoms with Gasteiger partial charge in [-0.25, -0.2) is 0 Å². The van der Waals surface area contributed by atoms with Crippen molar-refractivity contribution in [3.63, 3.8) is 0 Å². The van der Waals surface area contributed by atoms with Crippen LogP contribution in [0.1, 0.15) is 26.5 Å². The van der Waals surface area contributed by atoms with Gasteiger partial charge in [-0.1, -0.05) is 29.3 Å². The molecule has 1 aromatic carbocycles. The summed E-state index contributed by atoms with van der Waals surface area (Å²) in [5.41, 5.74) is 0.909. The molecule has 0 bridgehead atoms. The first-order chi connectivity index (χ1) is 13.0. The van der Waals surface area contributed by atoms with Gasteiger partial charge < -0.3 is 5.32 Å². The van der Waals surface area contributed by atoms with Crippen molar-refractivity contribution in [2.75, 3.05) is 6.54 Å². The molecule has 1 aliphatic rings. The summed E-state index contributed by atoms with van der Waals surface area (Å²) in [5.74, 6) is -1.15. The molecule has 0 aliphatic carbocycles. The van der Waals surface area contributed by atoms with E-state index in [-0.39, 0.29) is 27.7 Å². The van der Waals surface area contributed by atoms with E-state index in [1.807, 2.05) is 12.1 Å². The number of carbonyl (C=O) groups excluding carboxylic acids is 3. The number of fused-ring (bicyclic) bond motifs is 2. The molecule has 1 aliphatic heterocycles. The Morgan fingerprint density at radius 1 is 1.04 bits per heavy atom. The molecule has 27 heavy (non-hydrogen) atoms. The van der Waals surface area contributed by atoms with Crippen molar-refractivity contribution in [2.24, 2.45) is 0 Å². The van der Waals surface area contributed by atoms with Gasteiger partial charge in [0.25, 0.3) is 11.8 Å².